The van der Waals surface area contributed by atoms with Crippen molar-refractivity contribution in [3.05, 3.63) is 0 Å². The van der Waals surface area contributed by atoms with Crippen LogP contribution in [0.2, 0.25) is 0 Å². The number of amides is 2. The molecular weight excluding hydrogens is 336 g/mol. The van der Waals surface area contributed by atoms with Crippen molar-refractivity contribution in [2.75, 3.05) is 26.2 Å². The van der Waals surface area contributed by atoms with Crippen molar-refractivity contribution in [3.63, 3.8) is 0 Å². The number of nitrogens with one attached hydrogen (secondary N) is 4. The summed E-state index contributed by atoms with van der Waals surface area (Å²) in [5, 5.41) is 25.9. The average Bonchev–Trinajstić information content (AvgIpc) is 2.45. The lowest BCUT2D eigenvalue weighted by atomic mass is 10.5. The number of thiocarbonyl (C=S) groups is 2. The molecule has 2 amide bonds. The smallest absolute Gasteiger partial charge is 0.322 e. The highest BCUT2D eigenvalue weighted by Gasteiger charge is 2.10. The van der Waals surface area contributed by atoms with E-state index < -0.39 is 36.8 Å². The van der Waals surface area contributed by atoms with Crippen molar-refractivity contribution in [1.29, 1.82) is 0 Å². The van der Waals surface area contributed by atoms with Gasteiger partial charge in [0, 0.05) is 0 Å². The lowest BCUT2D eigenvalue weighted by Crippen LogP contribution is -2.45. The summed E-state index contributed by atoms with van der Waals surface area (Å²) >= 11 is 9.70. The van der Waals surface area contributed by atoms with Gasteiger partial charge >= 0.3 is 11.9 Å². The third-order valence-corrected chi connectivity index (χ3v) is 2.72. The number of carboxylic acids is 2. The maximum atomic E-state index is 11.2. The normalized spacial score (nSPS) is 9.27. The highest BCUT2D eigenvalue weighted by atomic mass is 32.1. The number of hydrogen-bond acceptors (Lipinski definition) is 6. The lowest BCUT2D eigenvalue weighted by Gasteiger charge is -2.10. The average molecular weight is 350 g/mol. The molecule has 22 heavy (non-hydrogen) atoms. The summed E-state index contributed by atoms with van der Waals surface area (Å²) in [4.78, 5) is 42.9. The number of rotatable bonds is 8. The number of carbonyl (C=O) groups is 4. The number of hydrogen-bond donors (Lipinski definition) is 6. The Labute approximate surface area is 135 Å². The monoisotopic (exact) mass is 350 g/mol. The van der Waals surface area contributed by atoms with E-state index in [0.29, 0.717) is 0 Å². The quantitative estimate of drug-likeness (QED) is 0.253. The third kappa shape index (κ3) is 10.4. The predicted molar refractivity (Wildman–Crippen MR) is 82.5 cm³/mol. The summed E-state index contributed by atoms with van der Waals surface area (Å²) in [5.41, 5.74) is 0. The number of carboxylic acid groups (broad SMARTS) is 2. The molecule has 0 aliphatic carbocycles. The van der Waals surface area contributed by atoms with E-state index in [0.717, 1.165) is 0 Å². The van der Waals surface area contributed by atoms with Gasteiger partial charge in [0.25, 0.3) is 0 Å². The fourth-order valence-corrected chi connectivity index (χ4v) is 1.24. The molecule has 0 aliphatic heterocycles. The van der Waals surface area contributed by atoms with Crippen LogP contribution in [0.15, 0.2) is 0 Å². The standard InChI is InChI=1S/C10H14N4O6S2/c15-5(11-3-7(17)18)1-13-9(21)10(22)14-2-6(16)12-4-8(19)20/h1-4H2,(H,11,15)(H,12,16)(H,13,21)(H,14,22)(H,17,18)(H,19,20). The van der Waals surface area contributed by atoms with Crippen LogP contribution in [0.3, 0.4) is 0 Å². The fourth-order valence-electron chi connectivity index (χ4n) is 0.955. The van der Waals surface area contributed by atoms with Crippen molar-refractivity contribution in [2.24, 2.45) is 0 Å². The Balaban J connectivity index is 3.94. The summed E-state index contributed by atoms with van der Waals surface area (Å²) < 4.78 is 0. The molecule has 6 N–H and O–H groups in total. The predicted octanol–water partition coefficient (Wildman–Crippen LogP) is -2.78. The van der Waals surface area contributed by atoms with Crippen LogP contribution >= 0.6 is 24.4 Å². The van der Waals surface area contributed by atoms with E-state index in [4.69, 9.17) is 34.6 Å². The van der Waals surface area contributed by atoms with Crippen LogP contribution in [0.5, 0.6) is 0 Å². The van der Waals surface area contributed by atoms with Crippen molar-refractivity contribution in [1.82, 2.24) is 21.3 Å². The molecule has 0 aromatic carbocycles. The first-order valence-electron chi connectivity index (χ1n) is 5.75. The third-order valence-electron chi connectivity index (χ3n) is 1.90. The minimum Gasteiger partial charge on any atom is -0.480 e. The van der Waals surface area contributed by atoms with E-state index in [-0.39, 0.29) is 23.1 Å². The molecule has 0 radical (unpaired) electrons. The van der Waals surface area contributed by atoms with Crippen LogP contribution in [-0.2, 0) is 19.2 Å². The maximum absolute atomic E-state index is 11.2. The molecule has 0 fully saturated rings. The Morgan fingerprint density at radius 1 is 0.636 bits per heavy atom. The van der Waals surface area contributed by atoms with E-state index in [9.17, 15) is 19.2 Å². The molecule has 0 bridgehead atoms. The fraction of sp³-hybridized carbons (Fsp3) is 0.400. The zero-order chi connectivity index (χ0) is 17.1. The largest absolute Gasteiger partial charge is 0.480 e. The van der Waals surface area contributed by atoms with Crippen molar-refractivity contribution < 1.29 is 29.4 Å². The minimum atomic E-state index is -1.18. The Morgan fingerprint density at radius 3 is 1.23 bits per heavy atom. The van der Waals surface area contributed by atoms with Gasteiger partial charge in [0.05, 0.1) is 13.1 Å². The zero-order valence-electron chi connectivity index (χ0n) is 11.2. The summed E-state index contributed by atoms with van der Waals surface area (Å²) in [5.74, 6) is -3.54. The Kier molecular flexibility index (Phi) is 9.29. The second kappa shape index (κ2) is 10.4. The van der Waals surface area contributed by atoms with E-state index in [2.05, 4.69) is 21.3 Å². The second-order valence-electron chi connectivity index (χ2n) is 3.71. The van der Waals surface area contributed by atoms with Crippen LogP contribution in [0.1, 0.15) is 0 Å². The molecule has 0 unspecified atom stereocenters. The summed E-state index contributed by atoms with van der Waals surface area (Å²) in [6.45, 7) is -1.59. The van der Waals surface area contributed by atoms with Gasteiger partial charge in [-0.05, 0) is 0 Å². The van der Waals surface area contributed by atoms with Crippen LogP contribution in [0, 0.1) is 0 Å². The van der Waals surface area contributed by atoms with Crippen molar-refractivity contribution in [2.45, 2.75) is 0 Å². The lowest BCUT2D eigenvalue weighted by molar-refractivity contribution is -0.138. The maximum Gasteiger partial charge on any atom is 0.322 e. The Hall–Kier alpha value is -2.34. The molecule has 0 aromatic heterocycles. The topological polar surface area (TPSA) is 157 Å². The number of aliphatic carboxylic acids is 2. The van der Waals surface area contributed by atoms with Gasteiger partial charge in [-0.15, -0.1) is 0 Å². The molecule has 10 nitrogen and oxygen atoms in total. The van der Waals surface area contributed by atoms with Crippen LogP contribution in [0.4, 0.5) is 0 Å². The first kappa shape index (κ1) is 19.7. The van der Waals surface area contributed by atoms with Gasteiger partial charge in [0.1, 0.15) is 23.1 Å². The van der Waals surface area contributed by atoms with Gasteiger partial charge in [-0.3, -0.25) is 19.2 Å². The molecular formula is C10H14N4O6S2. The molecule has 0 aromatic rings. The van der Waals surface area contributed by atoms with Crippen LogP contribution < -0.4 is 21.3 Å². The molecule has 12 heteroatoms. The van der Waals surface area contributed by atoms with Gasteiger partial charge in [-0.25, -0.2) is 0 Å². The van der Waals surface area contributed by atoms with Crippen molar-refractivity contribution >= 4 is 58.2 Å². The Morgan fingerprint density at radius 2 is 0.955 bits per heavy atom. The van der Waals surface area contributed by atoms with Crippen molar-refractivity contribution in [3.8, 4) is 0 Å². The molecule has 0 aliphatic rings. The van der Waals surface area contributed by atoms with Crippen LogP contribution in [0.25, 0.3) is 0 Å². The first-order valence-corrected chi connectivity index (χ1v) is 6.57. The summed E-state index contributed by atoms with van der Waals surface area (Å²) in [7, 11) is 0. The molecule has 0 heterocycles. The van der Waals surface area contributed by atoms with Gasteiger partial charge < -0.3 is 31.5 Å². The molecule has 122 valence electrons. The first-order chi connectivity index (χ1) is 10.2. The van der Waals surface area contributed by atoms with Gasteiger partial charge in [-0.2, -0.15) is 0 Å². The SMILES string of the molecule is O=C(O)CNC(=O)CNC(=S)C(=S)NCC(=O)NCC(=O)O. The van der Waals surface area contributed by atoms with Gasteiger partial charge in [0.2, 0.25) is 11.8 Å². The summed E-state index contributed by atoms with van der Waals surface area (Å²) in [6, 6.07) is 0. The molecule has 0 saturated heterocycles. The van der Waals surface area contributed by atoms with E-state index >= 15 is 0 Å². The number of carbonyl (C=O) groups excluding carboxylic acids is 2. The highest BCUT2D eigenvalue weighted by molar-refractivity contribution is 7.89. The second-order valence-corrected chi connectivity index (χ2v) is 4.52. The minimum absolute atomic E-state index is 0.00786. The van der Waals surface area contributed by atoms with Crippen LogP contribution in [-0.4, -0.2) is 70.1 Å². The molecule has 0 atom stereocenters. The highest BCUT2D eigenvalue weighted by Crippen LogP contribution is 1.79. The molecule has 0 spiro atoms. The summed E-state index contributed by atoms with van der Waals surface area (Å²) in [6.07, 6.45) is 0. The molecule has 0 saturated carbocycles. The van der Waals surface area contributed by atoms with E-state index in [1.165, 1.54) is 0 Å². The van der Waals surface area contributed by atoms with Gasteiger partial charge in [0.15, 0.2) is 0 Å². The van der Waals surface area contributed by atoms with E-state index in [1.54, 1.807) is 0 Å². The van der Waals surface area contributed by atoms with Gasteiger partial charge in [-0.1, -0.05) is 24.4 Å². The van der Waals surface area contributed by atoms with E-state index in [1.807, 2.05) is 0 Å². The zero-order valence-corrected chi connectivity index (χ0v) is 12.8. The molecule has 0 rings (SSSR count). The Bertz CT molecular complexity index is 452.